The Hall–Kier alpha value is -1.88. The molecule has 1 saturated carbocycles. The second-order valence-electron chi connectivity index (χ2n) is 6.82. The largest absolute Gasteiger partial charge is 0.465 e. The maximum absolute atomic E-state index is 12.6. The molecule has 0 aromatic heterocycles. The fourth-order valence-corrected chi connectivity index (χ4v) is 2.77. The third-order valence-electron chi connectivity index (χ3n) is 3.87. The third-order valence-corrected chi connectivity index (χ3v) is 3.87. The van der Waals surface area contributed by atoms with Gasteiger partial charge in [0.15, 0.2) is 0 Å². The van der Waals surface area contributed by atoms with Crippen molar-refractivity contribution in [1.82, 2.24) is 0 Å². The Morgan fingerprint density at radius 2 is 1.73 bits per heavy atom. The fourth-order valence-electron chi connectivity index (χ4n) is 2.77. The van der Waals surface area contributed by atoms with Gasteiger partial charge in [-0.2, -0.15) is 0 Å². The highest BCUT2D eigenvalue weighted by molar-refractivity contribution is 5.90. The summed E-state index contributed by atoms with van der Waals surface area (Å²) in [7, 11) is 1.34. The zero-order chi connectivity index (χ0) is 16.5. The van der Waals surface area contributed by atoms with E-state index in [0.717, 1.165) is 5.56 Å². The van der Waals surface area contributed by atoms with Crippen LogP contribution < -0.4 is 5.73 Å². The van der Waals surface area contributed by atoms with E-state index in [2.05, 4.69) is 4.74 Å². The van der Waals surface area contributed by atoms with Crippen molar-refractivity contribution in [2.45, 2.75) is 50.7 Å². The first-order valence-corrected chi connectivity index (χ1v) is 7.36. The molecular formula is C17H23NO4. The molecule has 0 saturated heterocycles. The van der Waals surface area contributed by atoms with E-state index in [1.807, 2.05) is 20.8 Å². The molecule has 0 radical (unpaired) electrons. The quantitative estimate of drug-likeness (QED) is 0.866. The summed E-state index contributed by atoms with van der Waals surface area (Å²) in [6.45, 7) is 5.53. The molecule has 22 heavy (non-hydrogen) atoms. The highest BCUT2D eigenvalue weighted by Crippen LogP contribution is 2.44. The monoisotopic (exact) mass is 305 g/mol. The lowest BCUT2D eigenvalue weighted by Gasteiger charge is -2.45. The Kier molecular flexibility index (Phi) is 4.29. The SMILES string of the molecule is COC(=O)c1ccc(C2(C(=O)OC(C)(C)C)CC(N)C2)cc1. The van der Waals surface area contributed by atoms with Crippen LogP contribution >= 0.6 is 0 Å². The molecule has 5 nitrogen and oxygen atoms in total. The fraction of sp³-hybridized carbons (Fsp3) is 0.529. The van der Waals surface area contributed by atoms with Gasteiger partial charge in [-0.25, -0.2) is 4.79 Å². The van der Waals surface area contributed by atoms with Gasteiger partial charge in [-0.3, -0.25) is 4.79 Å². The van der Waals surface area contributed by atoms with Crippen LogP contribution in [0, 0.1) is 0 Å². The maximum atomic E-state index is 12.6. The second kappa shape index (κ2) is 5.72. The minimum absolute atomic E-state index is 0.00666. The van der Waals surface area contributed by atoms with Crippen molar-refractivity contribution in [3.8, 4) is 0 Å². The predicted octanol–water partition coefficient (Wildman–Crippen LogP) is 2.17. The van der Waals surface area contributed by atoms with E-state index in [4.69, 9.17) is 10.5 Å². The number of esters is 2. The van der Waals surface area contributed by atoms with Crippen molar-refractivity contribution in [2.24, 2.45) is 5.73 Å². The Labute approximate surface area is 130 Å². The number of carbonyl (C=O) groups excluding carboxylic acids is 2. The molecule has 1 aliphatic rings. The molecule has 0 aliphatic heterocycles. The molecule has 0 atom stereocenters. The van der Waals surface area contributed by atoms with Gasteiger partial charge in [0.1, 0.15) is 5.60 Å². The summed E-state index contributed by atoms with van der Waals surface area (Å²) in [6, 6.07) is 6.88. The van der Waals surface area contributed by atoms with E-state index < -0.39 is 17.0 Å². The summed E-state index contributed by atoms with van der Waals surface area (Å²) in [6.07, 6.45) is 1.11. The highest BCUT2D eigenvalue weighted by Gasteiger charge is 2.52. The van der Waals surface area contributed by atoms with Gasteiger partial charge in [0.2, 0.25) is 0 Å². The van der Waals surface area contributed by atoms with Gasteiger partial charge in [-0.05, 0) is 51.3 Å². The zero-order valence-corrected chi connectivity index (χ0v) is 13.5. The van der Waals surface area contributed by atoms with Crippen molar-refractivity contribution in [2.75, 3.05) is 7.11 Å². The maximum Gasteiger partial charge on any atom is 0.337 e. The lowest BCUT2D eigenvalue weighted by Crippen LogP contribution is -2.55. The molecule has 0 spiro atoms. The number of methoxy groups -OCH3 is 1. The molecule has 0 bridgehead atoms. The summed E-state index contributed by atoms with van der Waals surface area (Å²) in [5.74, 6) is -0.657. The Morgan fingerprint density at radius 1 is 1.18 bits per heavy atom. The number of hydrogen-bond donors (Lipinski definition) is 1. The number of benzene rings is 1. The van der Waals surface area contributed by atoms with Gasteiger partial charge in [0.25, 0.3) is 0 Å². The van der Waals surface area contributed by atoms with Crippen LogP contribution in [-0.4, -0.2) is 30.7 Å². The molecular weight excluding hydrogens is 282 g/mol. The molecule has 2 N–H and O–H groups in total. The minimum atomic E-state index is -0.707. The van der Waals surface area contributed by atoms with E-state index in [0.29, 0.717) is 18.4 Å². The van der Waals surface area contributed by atoms with Crippen LogP contribution in [0.25, 0.3) is 0 Å². The summed E-state index contributed by atoms with van der Waals surface area (Å²) in [4.78, 5) is 24.1. The smallest absolute Gasteiger partial charge is 0.337 e. The van der Waals surface area contributed by atoms with Crippen LogP contribution in [0.3, 0.4) is 0 Å². The standard InChI is InChI=1S/C17H23NO4/c1-16(2,3)22-15(20)17(9-13(18)10-17)12-7-5-11(6-8-12)14(19)21-4/h5-8,13H,9-10,18H2,1-4H3. The van der Waals surface area contributed by atoms with Crippen molar-refractivity contribution >= 4 is 11.9 Å². The minimum Gasteiger partial charge on any atom is -0.465 e. The van der Waals surface area contributed by atoms with Crippen LogP contribution in [0.5, 0.6) is 0 Å². The van der Waals surface area contributed by atoms with Gasteiger partial charge in [-0.15, -0.1) is 0 Å². The third kappa shape index (κ3) is 3.14. The summed E-state index contributed by atoms with van der Waals surface area (Å²) in [5.41, 5.74) is 5.94. The second-order valence-corrected chi connectivity index (χ2v) is 6.82. The molecule has 1 fully saturated rings. The Bertz CT molecular complexity index is 565. The number of rotatable bonds is 3. The summed E-state index contributed by atoms with van der Waals surface area (Å²) >= 11 is 0. The first-order chi connectivity index (χ1) is 10.2. The zero-order valence-electron chi connectivity index (χ0n) is 13.5. The molecule has 2 rings (SSSR count). The van der Waals surface area contributed by atoms with Gasteiger partial charge in [0.05, 0.1) is 18.1 Å². The lowest BCUT2D eigenvalue weighted by atomic mass is 9.61. The molecule has 0 unspecified atom stereocenters. The van der Waals surface area contributed by atoms with E-state index in [9.17, 15) is 9.59 Å². The van der Waals surface area contributed by atoms with Gasteiger partial charge in [0, 0.05) is 6.04 Å². The Morgan fingerprint density at radius 3 is 2.14 bits per heavy atom. The molecule has 0 heterocycles. The number of ether oxygens (including phenoxy) is 2. The van der Waals surface area contributed by atoms with Gasteiger partial charge in [-0.1, -0.05) is 12.1 Å². The van der Waals surface area contributed by atoms with E-state index in [1.165, 1.54) is 7.11 Å². The van der Waals surface area contributed by atoms with Crippen molar-refractivity contribution in [3.05, 3.63) is 35.4 Å². The van der Waals surface area contributed by atoms with Gasteiger partial charge >= 0.3 is 11.9 Å². The first kappa shape index (κ1) is 16.5. The first-order valence-electron chi connectivity index (χ1n) is 7.36. The van der Waals surface area contributed by atoms with Crippen molar-refractivity contribution in [3.63, 3.8) is 0 Å². The van der Waals surface area contributed by atoms with E-state index >= 15 is 0 Å². The van der Waals surface area contributed by atoms with Crippen LogP contribution in [-0.2, 0) is 19.7 Å². The number of hydrogen-bond acceptors (Lipinski definition) is 5. The number of nitrogens with two attached hydrogens (primary N) is 1. The van der Waals surface area contributed by atoms with E-state index in [-0.39, 0.29) is 12.0 Å². The van der Waals surface area contributed by atoms with Crippen molar-refractivity contribution < 1.29 is 19.1 Å². The Balaban J connectivity index is 2.28. The molecule has 5 heteroatoms. The van der Waals surface area contributed by atoms with E-state index in [1.54, 1.807) is 24.3 Å². The molecule has 0 amide bonds. The van der Waals surface area contributed by atoms with Crippen molar-refractivity contribution in [1.29, 1.82) is 0 Å². The molecule has 1 aliphatic carbocycles. The molecule has 120 valence electrons. The van der Waals surface area contributed by atoms with Gasteiger partial charge < -0.3 is 15.2 Å². The normalized spacial score (nSPS) is 24.3. The van der Waals surface area contributed by atoms with Crippen LogP contribution in [0.2, 0.25) is 0 Å². The molecule has 1 aromatic carbocycles. The number of carbonyl (C=O) groups is 2. The van der Waals surface area contributed by atoms with Crippen LogP contribution in [0.4, 0.5) is 0 Å². The topological polar surface area (TPSA) is 78.6 Å². The average molecular weight is 305 g/mol. The van der Waals surface area contributed by atoms with Crippen LogP contribution in [0.15, 0.2) is 24.3 Å². The average Bonchev–Trinajstić information content (AvgIpc) is 2.41. The summed E-state index contributed by atoms with van der Waals surface area (Å²) < 4.78 is 10.2. The van der Waals surface area contributed by atoms with Crippen LogP contribution in [0.1, 0.15) is 49.5 Å². The molecule has 1 aromatic rings. The predicted molar refractivity (Wildman–Crippen MR) is 82.5 cm³/mol. The highest BCUT2D eigenvalue weighted by atomic mass is 16.6. The summed E-state index contributed by atoms with van der Waals surface area (Å²) in [5, 5.41) is 0. The lowest BCUT2D eigenvalue weighted by molar-refractivity contribution is -0.166.